The van der Waals surface area contributed by atoms with Crippen LogP contribution in [0, 0.1) is 6.92 Å². The number of carbonyl (C=O) groups is 2. The molecule has 3 unspecified atom stereocenters. The molecule has 202 valence electrons. The van der Waals surface area contributed by atoms with Gasteiger partial charge in [0.05, 0.1) is 6.04 Å². The Morgan fingerprint density at radius 1 is 1.00 bits per heavy atom. The monoisotopic (exact) mass is 522 g/mol. The molecule has 39 heavy (non-hydrogen) atoms. The number of benzene rings is 3. The van der Waals surface area contributed by atoms with Gasteiger partial charge in [0.1, 0.15) is 6.10 Å². The molecule has 0 radical (unpaired) electrons. The lowest BCUT2D eigenvalue weighted by molar-refractivity contribution is -0.149. The molecule has 5 rings (SSSR count). The van der Waals surface area contributed by atoms with Crippen molar-refractivity contribution in [1.29, 1.82) is 0 Å². The van der Waals surface area contributed by atoms with Crippen molar-refractivity contribution in [3.63, 3.8) is 0 Å². The van der Waals surface area contributed by atoms with E-state index in [9.17, 15) is 9.59 Å². The molecular formula is C34H38N2O3. The van der Waals surface area contributed by atoms with Gasteiger partial charge in [0.2, 0.25) is 0 Å². The summed E-state index contributed by atoms with van der Waals surface area (Å²) in [6.45, 7) is 4.70. The zero-order valence-electron chi connectivity index (χ0n) is 22.9. The minimum Gasteiger partial charge on any atom is -0.482 e. The van der Waals surface area contributed by atoms with Gasteiger partial charge < -0.3 is 15.0 Å². The Balaban J connectivity index is 1.25. The summed E-state index contributed by atoms with van der Waals surface area (Å²) in [5.41, 5.74) is 5.05. The van der Waals surface area contributed by atoms with Crippen LogP contribution in [0.2, 0.25) is 0 Å². The molecule has 2 fully saturated rings. The smallest absolute Gasteiger partial charge is 0.289 e. The summed E-state index contributed by atoms with van der Waals surface area (Å²) in [7, 11) is 0. The van der Waals surface area contributed by atoms with E-state index < -0.39 is 0 Å². The Labute approximate surface area is 231 Å². The molecule has 3 aromatic carbocycles. The van der Waals surface area contributed by atoms with Gasteiger partial charge in [0, 0.05) is 18.2 Å². The highest BCUT2D eigenvalue weighted by Crippen LogP contribution is 2.34. The highest BCUT2D eigenvalue weighted by molar-refractivity contribution is 5.97. The number of hydrogen-bond donors (Lipinski definition) is 1. The van der Waals surface area contributed by atoms with Gasteiger partial charge in [-0.25, -0.2) is 0 Å². The predicted octanol–water partition coefficient (Wildman–Crippen LogP) is 6.46. The molecule has 2 amide bonds. The molecule has 0 spiro atoms. The van der Waals surface area contributed by atoms with Crippen LogP contribution in [-0.2, 0) is 22.5 Å². The number of ether oxygens (including phenoxy) is 1. The maximum Gasteiger partial charge on any atom is 0.289 e. The Kier molecular flexibility index (Phi) is 8.45. The van der Waals surface area contributed by atoms with E-state index in [1.807, 2.05) is 66.4 Å². The van der Waals surface area contributed by atoms with Gasteiger partial charge in [0.25, 0.3) is 11.8 Å². The van der Waals surface area contributed by atoms with Crippen molar-refractivity contribution in [2.24, 2.45) is 0 Å². The van der Waals surface area contributed by atoms with Crippen molar-refractivity contribution in [3.8, 4) is 0 Å². The largest absolute Gasteiger partial charge is 0.482 e. The maximum atomic E-state index is 13.6. The van der Waals surface area contributed by atoms with E-state index in [-0.39, 0.29) is 30.0 Å². The first-order valence-electron chi connectivity index (χ1n) is 14.2. The Morgan fingerprint density at radius 2 is 1.74 bits per heavy atom. The Hall–Kier alpha value is -3.86. The number of morpholine rings is 1. The summed E-state index contributed by atoms with van der Waals surface area (Å²) in [5.74, 6) is 0.236. The Bertz CT molecular complexity index is 1320. The summed E-state index contributed by atoms with van der Waals surface area (Å²) in [6, 6.07) is 26.2. The predicted molar refractivity (Wildman–Crippen MR) is 155 cm³/mol. The van der Waals surface area contributed by atoms with Crippen LogP contribution in [0.5, 0.6) is 0 Å². The SMILES string of the molecule is Cc1cccc(CN2C(=O)/C(=C\c3ccc(C(=O)NC(C)CCc4ccccc4)cc3)OC3CCCCC32)c1. The van der Waals surface area contributed by atoms with E-state index >= 15 is 0 Å². The molecule has 3 aromatic rings. The zero-order chi connectivity index (χ0) is 27.2. The van der Waals surface area contributed by atoms with Crippen molar-refractivity contribution in [2.75, 3.05) is 0 Å². The van der Waals surface area contributed by atoms with E-state index in [0.717, 1.165) is 49.7 Å². The molecule has 5 nitrogen and oxygen atoms in total. The summed E-state index contributed by atoms with van der Waals surface area (Å²) < 4.78 is 6.28. The van der Waals surface area contributed by atoms with Gasteiger partial charge in [-0.15, -0.1) is 0 Å². The lowest BCUT2D eigenvalue weighted by Crippen LogP contribution is -2.54. The maximum absolute atomic E-state index is 13.6. The molecule has 1 heterocycles. The third-order valence-corrected chi connectivity index (χ3v) is 7.81. The molecule has 1 N–H and O–H groups in total. The number of amides is 2. The van der Waals surface area contributed by atoms with Crippen LogP contribution in [0.3, 0.4) is 0 Å². The molecule has 1 aliphatic carbocycles. The summed E-state index contributed by atoms with van der Waals surface area (Å²) in [6.07, 6.45) is 7.82. The van der Waals surface area contributed by atoms with E-state index in [4.69, 9.17) is 4.74 Å². The second-order valence-electron chi connectivity index (χ2n) is 11.0. The van der Waals surface area contributed by atoms with Crippen LogP contribution in [-0.4, -0.2) is 34.9 Å². The van der Waals surface area contributed by atoms with Gasteiger partial charge >= 0.3 is 0 Å². The van der Waals surface area contributed by atoms with Gasteiger partial charge in [-0.3, -0.25) is 9.59 Å². The Morgan fingerprint density at radius 3 is 2.51 bits per heavy atom. The van der Waals surface area contributed by atoms with Gasteiger partial charge in [0.15, 0.2) is 5.76 Å². The fourth-order valence-electron chi connectivity index (χ4n) is 5.66. The number of rotatable bonds is 8. The van der Waals surface area contributed by atoms with Crippen LogP contribution in [0.1, 0.15) is 71.6 Å². The molecule has 3 atom stereocenters. The zero-order valence-corrected chi connectivity index (χ0v) is 22.9. The lowest BCUT2D eigenvalue weighted by atomic mass is 9.89. The number of carbonyl (C=O) groups excluding carboxylic acids is 2. The second kappa shape index (κ2) is 12.3. The van der Waals surface area contributed by atoms with E-state index in [1.165, 1.54) is 11.1 Å². The third kappa shape index (κ3) is 6.78. The molecule has 1 aliphatic heterocycles. The van der Waals surface area contributed by atoms with Crippen LogP contribution in [0.25, 0.3) is 6.08 Å². The number of nitrogens with one attached hydrogen (secondary N) is 1. The average Bonchev–Trinajstić information content (AvgIpc) is 2.95. The van der Waals surface area contributed by atoms with Crippen molar-refractivity contribution >= 4 is 17.9 Å². The molecule has 1 saturated carbocycles. The highest BCUT2D eigenvalue weighted by Gasteiger charge is 2.41. The van der Waals surface area contributed by atoms with Crippen molar-refractivity contribution in [1.82, 2.24) is 10.2 Å². The summed E-state index contributed by atoms with van der Waals surface area (Å²) in [5, 5.41) is 3.10. The van der Waals surface area contributed by atoms with E-state index in [2.05, 4.69) is 42.6 Å². The first kappa shape index (κ1) is 26.7. The molecule has 0 bridgehead atoms. The first-order valence-corrected chi connectivity index (χ1v) is 14.2. The van der Waals surface area contributed by atoms with Crippen LogP contribution < -0.4 is 5.32 Å². The normalized spacial score (nSPS) is 20.7. The van der Waals surface area contributed by atoms with Crippen LogP contribution in [0.15, 0.2) is 84.6 Å². The number of nitrogens with zero attached hydrogens (tertiary/aromatic N) is 1. The fourth-order valence-corrected chi connectivity index (χ4v) is 5.66. The molecule has 0 aromatic heterocycles. The topological polar surface area (TPSA) is 58.6 Å². The van der Waals surface area contributed by atoms with Crippen molar-refractivity contribution < 1.29 is 14.3 Å². The second-order valence-corrected chi connectivity index (χ2v) is 11.0. The highest BCUT2D eigenvalue weighted by atomic mass is 16.5. The van der Waals surface area contributed by atoms with Crippen LogP contribution in [0.4, 0.5) is 0 Å². The van der Waals surface area contributed by atoms with E-state index in [1.54, 1.807) is 0 Å². The van der Waals surface area contributed by atoms with Crippen LogP contribution >= 0.6 is 0 Å². The lowest BCUT2D eigenvalue weighted by Gasteiger charge is -2.44. The molecule has 5 heteroatoms. The number of aryl methyl sites for hydroxylation is 2. The fraction of sp³-hybridized carbons (Fsp3) is 0.353. The standard InChI is InChI=1S/C34H38N2O3/c1-24-9-8-12-28(21-24)23-36-30-13-6-7-14-31(30)39-32(34(36)38)22-27-17-19-29(20-18-27)33(37)35-25(2)15-16-26-10-4-3-5-11-26/h3-5,8-12,17-22,25,30-31H,6-7,13-16,23H2,1-2H3,(H,35,37)/b32-22+. The van der Waals surface area contributed by atoms with Crippen molar-refractivity contribution in [3.05, 3.63) is 112 Å². The number of fused-ring (bicyclic) bond motifs is 1. The molecule has 2 aliphatic rings. The summed E-state index contributed by atoms with van der Waals surface area (Å²) >= 11 is 0. The first-order chi connectivity index (χ1) is 19.0. The quantitative estimate of drug-likeness (QED) is 0.346. The average molecular weight is 523 g/mol. The van der Waals surface area contributed by atoms with E-state index in [0.29, 0.717) is 17.9 Å². The third-order valence-electron chi connectivity index (χ3n) is 7.81. The van der Waals surface area contributed by atoms with Crippen molar-refractivity contribution in [2.45, 2.75) is 77.1 Å². The van der Waals surface area contributed by atoms with Gasteiger partial charge in [-0.2, -0.15) is 0 Å². The molecule has 1 saturated heterocycles. The minimum atomic E-state index is -0.0888. The summed E-state index contributed by atoms with van der Waals surface area (Å²) in [4.78, 5) is 28.4. The van der Waals surface area contributed by atoms with Gasteiger partial charge in [-0.05, 0) is 80.9 Å². The molecular weight excluding hydrogens is 484 g/mol. The van der Waals surface area contributed by atoms with Gasteiger partial charge in [-0.1, -0.05) is 78.7 Å². The number of hydrogen-bond acceptors (Lipinski definition) is 3. The minimum absolute atomic E-state index is 0.0231.